The van der Waals surface area contributed by atoms with E-state index in [1.54, 1.807) is 18.2 Å². The van der Waals surface area contributed by atoms with Crippen LogP contribution < -0.4 is 4.74 Å². The number of hydrogen-bond acceptors (Lipinski definition) is 2. The maximum Gasteiger partial charge on any atom is 0.213 e. The molecule has 2 nitrogen and oxygen atoms in total. The Kier molecular flexibility index (Phi) is 3.50. The van der Waals surface area contributed by atoms with Crippen molar-refractivity contribution >= 4 is 23.2 Å². The zero-order valence-corrected chi connectivity index (χ0v) is 10.4. The van der Waals surface area contributed by atoms with Gasteiger partial charge in [0.15, 0.2) is 0 Å². The molecule has 1 aromatic carbocycles. The molecule has 0 radical (unpaired) electrons. The third-order valence-electron chi connectivity index (χ3n) is 2.21. The Balaban J connectivity index is 2.58. The SMILES string of the molecule is COc1cc(-c2cc(Cl)cc(Cl)c2)c(F)cn1. The van der Waals surface area contributed by atoms with E-state index in [4.69, 9.17) is 27.9 Å². The van der Waals surface area contributed by atoms with E-state index in [0.29, 0.717) is 27.1 Å². The number of halogens is 3. The van der Waals surface area contributed by atoms with Gasteiger partial charge in [-0.2, -0.15) is 0 Å². The highest BCUT2D eigenvalue weighted by atomic mass is 35.5. The zero-order chi connectivity index (χ0) is 12.4. The van der Waals surface area contributed by atoms with Crippen LogP contribution in [0.2, 0.25) is 10.0 Å². The zero-order valence-electron chi connectivity index (χ0n) is 8.88. The highest BCUT2D eigenvalue weighted by molar-refractivity contribution is 6.35. The lowest BCUT2D eigenvalue weighted by atomic mass is 10.1. The molecule has 0 aliphatic carbocycles. The summed E-state index contributed by atoms with van der Waals surface area (Å²) in [7, 11) is 1.47. The number of pyridine rings is 1. The van der Waals surface area contributed by atoms with Crippen LogP contribution in [0.3, 0.4) is 0 Å². The Morgan fingerprint density at radius 2 is 1.76 bits per heavy atom. The van der Waals surface area contributed by atoms with Crippen molar-refractivity contribution in [3.05, 3.63) is 46.3 Å². The summed E-state index contributed by atoms with van der Waals surface area (Å²) >= 11 is 11.7. The number of aromatic nitrogens is 1. The molecule has 0 bridgehead atoms. The van der Waals surface area contributed by atoms with Gasteiger partial charge in [-0.25, -0.2) is 9.37 Å². The highest BCUT2D eigenvalue weighted by Gasteiger charge is 2.09. The molecule has 2 aromatic rings. The third-order valence-corrected chi connectivity index (χ3v) is 2.65. The summed E-state index contributed by atoms with van der Waals surface area (Å²) in [5.41, 5.74) is 0.932. The van der Waals surface area contributed by atoms with Crippen molar-refractivity contribution in [3.63, 3.8) is 0 Å². The van der Waals surface area contributed by atoms with Crippen LogP contribution in [0.4, 0.5) is 4.39 Å². The van der Waals surface area contributed by atoms with Crippen LogP contribution in [0, 0.1) is 5.82 Å². The van der Waals surface area contributed by atoms with Crippen molar-refractivity contribution in [3.8, 4) is 17.0 Å². The molecular formula is C12H8Cl2FNO. The number of ether oxygens (including phenoxy) is 1. The summed E-state index contributed by atoms with van der Waals surface area (Å²) in [5.74, 6) is -0.123. The second kappa shape index (κ2) is 4.90. The second-order valence-electron chi connectivity index (χ2n) is 3.36. The molecule has 0 saturated heterocycles. The number of rotatable bonds is 2. The van der Waals surface area contributed by atoms with Gasteiger partial charge in [-0.15, -0.1) is 0 Å². The van der Waals surface area contributed by atoms with E-state index in [1.165, 1.54) is 13.2 Å². The first kappa shape index (κ1) is 12.1. The molecule has 0 amide bonds. The molecule has 88 valence electrons. The van der Waals surface area contributed by atoms with Gasteiger partial charge in [0, 0.05) is 21.7 Å². The number of hydrogen-bond donors (Lipinski definition) is 0. The van der Waals surface area contributed by atoms with Gasteiger partial charge in [-0.05, 0) is 23.8 Å². The predicted molar refractivity (Wildman–Crippen MR) is 66.2 cm³/mol. The summed E-state index contributed by atoms with van der Waals surface area (Å²) in [5, 5.41) is 0.894. The van der Waals surface area contributed by atoms with Crippen LogP contribution in [-0.4, -0.2) is 12.1 Å². The van der Waals surface area contributed by atoms with Gasteiger partial charge in [0.25, 0.3) is 0 Å². The molecule has 17 heavy (non-hydrogen) atoms. The van der Waals surface area contributed by atoms with Gasteiger partial charge in [-0.3, -0.25) is 0 Å². The minimum atomic E-state index is -0.455. The first-order valence-corrected chi connectivity index (χ1v) is 5.52. The smallest absolute Gasteiger partial charge is 0.213 e. The van der Waals surface area contributed by atoms with Crippen LogP contribution in [0.15, 0.2) is 30.5 Å². The summed E-state index contributed by atoms with van der Waals surface area (Å²) < 4.78 is 18.6. The molecule has 0 spiro atoms. The lowest BCUT2D eigenvalue weighted by molar-refractivity contribution is 0.396. The first-order chi connectivity index (χ1) is 8.10. The Morgan fingerprint density at radius 3 is 2.35 bits per heavy atom. The van der Waals surface area contributed by atoms with Gasteiger partial charge in [0.1, 0.15) is 5.82 Å². The molecule has 2 rings (SSSR count). The summed E-state index contributed by atoms with van der Waals surface area (Å²) in [6.45, 7) is 0. The molecule has 0 fully saturated rings. The molecule has 0 aliphatic rings. The van der Waals surface area contributed by atoms with E-state index >= 15 is 0 Å². The quantitative estimate of drug-likeness (QED) is 0.817. The topological polar surface area (TPSA) is 22.1 Å². The molecule has 0 unspecified atom stereocenters. The van der Waals surface area contributed by atoms with E-state index in [9.17, 15) is 4.39 Å². The van der Waals surface area contributed by atoms with Crippen molar-refractivity contribution in [2.75, 3.05) is 7.11 Å². The number of methoxy groups -OCH3 is 1. The Labute approximate surface area is 108 Å². The fourth-order valence-corrected chi connectivity index (χ4v) is 1.99. The van der Waals surface area contributed by atoms with E-state index < -0.39 is 5.82 Å². The summed E-state index contributed by atoms with van der Waals surface area (Å²) in [4.78, 5) is 3.76. The third kappa shape index (κ3) is 2.68. The monoisotopic (exact) mass is 271 g/mol. The van der Waals surface area contributed by atoms with E-state index in [2.05, 4.69) is 4.98 Å². The van der Waals surface area contributed by atoms with Gasteiger partial charge < -0.3 is 4.74 Å². The average Bonchev–Trinajstić information content (AvgIpc) is 2.28. The first-order valence-electron chi connectivity index (χ1n) is 4.76. The average molecular weight is 272 g/mol. The summed E-state index contributed by atoms with van der Waals surface area (Å²) in [6, 6.07) is 6.34. The minimum absolute atomic E-state index is 0.331. The Bertz CT molecular complexity index is 540. The predicted octanol–water partition coefficient (Wildman–Crippen LogP) is 4.20. The van der Waals surface area contributed by atoms with Gasteiger partial charge >= 0.3 is 0 Å². The molecule has 0 saturated carbocycles. The molecule has 1 heterocycles. The van der Waals surface area contributed by atoms with E-state index in [1.807, 2.05) is 0 Å². The van der Waals surface area contributed by atoms with E-state index in [-0.39, 0.29) is 0 Å². The number of nitrogens with zero attached hydrogens (tertiary/aromatic N) is 1. The van der Waals surface area contributed by atoms with Crippen LogP contribution in [0.25, 0.3) is 11.1 Å². The molecule has 0 N–H and O–H groups in total. The normalized spacial score (nSPS) is 10.4. The van der Waals surface area contributed by atoms with Crippen molar-refractivity contribution in [1.82, 2.24) is 4.98 Å². The highest BCUT2D eigenvalue weighted by Crippen LogP contribution is 2.30. The van der Waals surface area contributed by atoms with Crippen LogP contribution in [0.5, 0.6) is 5.88 Å². The Morgan fingerprint density at radius 1 is 1.12 bits per heavy atom. The molecule has 1 aromatic heterocycles. The fourth-order valence-electron chi connectivity index (χ4n) is 1.46. The number of benzene rings is 1. The van der Waals surface area contributed by atoms with Crippen LogP contribution in [-0.2, 0) is 0 Å². The maximum atomic E-state index is 13.7. The lowest BCUT2D eigenvalue weighted by Gasteiger charge is -2.06. The van der Waals surface area contributed by atoms with Crippen molar-refractivity contribution in [2.45, 2.75) is 0 Å². The minimum Gasteiger partial charge on any atom is -0.481 e. The van der Waals surface area contributed by atoms with Crippen LogP contribution >= 0.6 is 23.2 Å². The maximum absolute atomic E-state index is 13.7. The standard InChI is InChI=1S/C12H8Cl2FNO/c1-17-12-5-10(11(15)6-16-12)7-2-8(13)4-9(14)3-7/h2-6H,1H3. The van der Waals surface area contributed by atoms with Crippen LogP contribution in [0.1, 0.15) is 0 Å². The molecule has 5 heteroatoms. The van der Waals surface area contributed by atoms with Gasteiger partial charge in [0.2, 0.25) is 5.88 Å². The van der Waals surface area contributed by atoms with Gasteiger partial charge in [0.05, 0.1) is 13.3 Å². The Hall–Kier alpha value is -1.32. The lowest BCUT2D eigenvalue weighted by Crippen LogP contribution is -1.91. The van der Waals surface area contributed by atoms with Crippen molar-refractivity contribution < 1.29 is 9.13 Å². The van der Waals surface area contributed by atoms with Crippen molar-refractivity contribution in [1.29, 1.82) is 0 Å². The van der Waals surface area contributed by atoms with Crippen molar-refractivity contribution in [2.24, 2.45) is 0 Å². The van der Waals surface area contributed by atoms with Gasteiger partial charge in [-0.1, -0.05) is 23.2 Å². The fraction of sp³-hybridized carbons (Fsp3) is 0.0833. The summed E-state index contributed by atoms with van der Waals surface area (Å²) in [6.07, 6.45) is 1.10. The van der Waals surface area contributed by atoms with E-state index in [0.717, 1.165) is 6.20 Å². The largest absolute Gasteiger partial charge is 0.481 e. The second-order valence-corrected chi connectivity index (χ2v) is 4.24. The molecule has 0 aliphatic heterocycles. The molecular weight excluding hydrogens is 264 g/mol. The molecule has 0 atom stereocenters.